The molecule has 3 heterocycles. The van der Waals surface area contributed by atoms with Gasteiger partial charge in [0.2, 0.25) is 5.95 Å². The highest BCUT2D eigenvalue weighted by molar-refractivity contribution is 5.46. The third kappa shape index (κ3) is 3.80. The second-order valence-electron chi connectivity index (χ2n) is 5.85. The molecule has 1 fully saturated rings. The van der Waals surface area contributed by atoms with Gasteiger partial charge in [-0.05, 0) is 39.3 Å². The predicted octanol–water partition coefficient (Wildman–Crippen LogP) is 1.76. The molecule has 0 saturated carbocycles. The Labute approximate surface area is 135 Å². The quantitative estimate of drug-likeness (QED) is 0.869. The molecule has 7 nitrogen and oxygen atoms in total. The topological polar surface area (TPSA) is 87.1 Å². The lowest BCUT2D eigenvalue weighted by Gasteiger charge is -2.22. The van der Waals surface area contributed by atoms with Gasteiger partial charge in [-0.25, -0.2) is 15.0 Å². The van der Waals surface area contributed by atoms with Gasteiger partial charge in [-0.2, -0.15) is 0 Å². The van der Waals surface area contributed by atoms with Crippen molar-refractivity contribution in [2.45, 2.75) is 32.7 Å². The normalized spacial score (nSPS) is 18.3. The van der Waals surface area contributed by atoms with Crippen molar-refractivity contribution in [2.75, 3.05) is 25.0 Å². The summed E-state index contributed by atoms with van der Waals surface area (Å²) in [6.45, 7) is 5.70. The van der Waals surface area contributed by atoms with E-state index in [1.165, 1.54) is 0 Å². The van der Waals surface area contributed by atoms with Gasteiger partial charge in [0.05, 0.1) is 30.7 Å². The van der Waals surface area contributed by atoms with Crippen LogP contribution < -0.4 is 5.32 Å². The first kappa shape index (κ1) is 15.8. The zero-order chi connectivity index (χ0) is 16.2. The van der Waals surface area contributed by atoms with E-state index in [0.29, 0.717) is 18.3 Å². The van der Waals surface area contributed by atoms with E-state index in [1.807, 2.05) is 19.9 Å². The fourth-order valence-corrected chi connectivity index (χ4v) is 3.06. The average Bonchev–Trinajstić information content (AvgIpc) is 2.95. The van der Waals surface area contributed by atoms with Crippen LogP contribution in [-0.2, 0) is 0 Å². The van der Waals surface area contributed by atoms with Crippen LogP contribution >= 0.6 is 0 Å². The van der Waals surface area contributed by atoms with Crippen molar-refractivity contribution in [2.24, 2.45) is 0 Å². The van der Waals surface area contributed by atoms with Crippen molar-refractivity contribution in [3.63, 3.8) is 0 Å². The Balaban J connectivity index is 1.79. The maximum Gasteiger partial charge on any atom is 0.228 e. The first-order chi connectivity index (χ1) is 11.2. The number of aryl methyl sites for hydroxylation is 2. The third-order valence-electron chi connectivity index (χ3n) is 3.97. The summed E-state index contributed by atoms with van der Waals surface area (Å²) >= 11 is 0. The molecule has 0 bridgehead atoms. The van der Waals surface area contributed by atoms with Crippen molar-refractivity contribution >= 4 is 11.8 Å². The lowest BCUT2D eigenvalue weighted by Crippen LogP contribution is -2.27. The van der Waals surface area contributed by atoms with Gasteiger partial charge >= 0.3 is 0 Å². The smallest absolute Gasteiger partial charge is 0.228 e. The van der Waals surface area contributed by atoms with Gasteiger partial charge in [-0.15, -0.1) is 0 Å². The fourth-order valence-electron chi connectivity index (χ4n) is 3.06. The molecule has 1 atom stereocenters. The van der Waals surface area contributed by atoms with Crippen LogP contribution in [-0.4, -0.2) is 49.6 Å². The minimum Gasteiger partial charge on any atom is -0.395 e. The van der Waals surface area contributed by atoms with Gasteiger partial charge in [0.1, 0.15) is 0 Å². The Bertz CT molecular complexity index is 657. The summed E-state index contributed by atoms with van der Waals surface area (Å²) in [5.74, 6) is 1.18. The number of likely N-dealkylation sites (tertiary alicyclic amines) is 1. The largest absolute Gasteiger partial charge is 0.395 e. The van der Waals surface area contributed by atoms with Crippen molar-refractivity contribution in [1.29, 1.82) is 0 Å². The van der Waals surface area contributed by atoms with Crippen LogP contribution in [0.1, 0.15) is 36.0 Å². The molecule has 0 amide bonds. The van der Waals surface area contributed by atoms with Crippen LogP contribution in [0.4, 0.5) is 11.8 Å². The summed E-state index contributed by atoms with van der Waals surface area (Å²) < 4.78 is 0. The maximum atomic E-state index is 9.19. The van der Waals surface area contributed by atoms with Gasteiger partial charge in [-0.3, -0.25) is 9.88 Å². The molecule has 122 valence electrons. The van der Waals surface area contributed by atoms with Crippen molar-refractivity contribution in [3.8, 4) is 0 Å². The molecule has 0 aromatic carbocycles. The molecular formula is C16H22N6O. The number of hydrogen-bond donors (Lipinski definition) is 2. The molecule has 1 saturated heterocycles. The van der Waals surface area contributed by atoms with E-state index < -0.39 is 0 Å². The lowest BCUT2D eigenvalue weighted by molar-refractivity contribution is 0.183. The van der Waals surface area contributed by atoms with Crippen LogP contribution in [0.15, 0.2) is 18.5 Å². The molecule has 0 unspecified atom stereocenters. The molecule has 2 N–H and O–H groups in total. The number of β-amino-alcohol motifs (C(OH)–C–C–N with tert-alkyl or cyclic N) is 1. The third-order valence-corrected chi connectivity index (χ3v) is 3.97. The SMILES string of the molecule is Cc1cc(C)nc(Nc2cncc([C@H]3CCCN3CCO)n2)n1. The Morgan fingerprint density at radius 3 is 2.74 bits per heavy atom. The van der Waals surface area contributed by atoms with E-state index in [1.54, 1.807) is 12.4 Å². The van der Waals surface area contributed by atoms with Crippen molar-refractivity contribution in [3.05, 3.63) is 35.5 Å². The van der Waals surface area contributed by atoms with Gasteiger partial charge in [0, 0.05) is 17.9 Å². The Morgan fingerprint density at radius 2 is 2.00 bits per heavy atom. The summed E-state index contributed by atoms with van der Waals surface area (Å²) in [6.07, 6.45) is 5.63. The molecular weight excluding hydrogens is 292 g/mol. The van der Waals surface area contributed by atoms with Crippen LogP contribution in [0.5, 0.6) is 0 Å². The van der Waals surface area contributed by atoms with Crippen LogP contribution in [0.3, 0.4) is 0 Å². The second-order valence-corrected chi connectivity index (χ2v) is 5.85. The number of aliphatic hydroxyl groups excluding tert-OH is 1. The molecule has 7 heteroatoms. The fraction of sp³-hybridized carbons (Fsp3) is 0.500. The first-order valence-electron chi connectivity index (χ1n) is 7.92. The minimum absolute atomic E-state index is 0.165. The highest BCUT2D eigenvalue weighted by atomic mass is 16.3. The monoisotopic (exact) mass is 314 g/mol. The molecule has 23 heavy (non-hydrogen) atoms. The van der Waals surface area contributed by atoms with Crippen LogP contribution in [0.2, 0.25) is 0 Å². The van der Waals surface area contributed by atoms with E-state index in [2.05, 4.69) is 30.2 Å². The Morgan fingerprint density at radius 1 is 1.22 bits per heavy atom. The zero-order valence-electron chi connectivity index (χ0n) is 13.5. The van der Waals surface area contributed by atoms with Crippen LogP contribution in [0, 0.1) is 13.8 Å². The van der Waals surface area contributed by atoms with Gasteiger partial charge < -0.3 is 10.4 Å². The summed E-state index contributed by atoms with van der Waals surface area (Å²) in [6, 6.07) is 2.15. The summed E-state index contributed by atoms with van der Waals surface area (Å²) in [5.41, 5.74) is 2.74. The number of aromatic nitrogens is 4. The number of nitrogens with zero attached hydrogens (tertiary/aromatic N) is 5. The van der Waals surface area contributed by atoms with Gasteiger partial charge in [0.15, 0.2) is 5.82 Å². The van der Waals surface area contributed by atoms with Gasteiger partial charge in [-0.1, -0.05) is 0 Å². The van der Waals surface area contributed by atoms with E-state index in [-0.39, 0.29) is 12.6 Å². The molecule has 0 aliphatic carbocycles. The summed E-state index contributed by atoms with van der Waals surface area (Å²) in [7, 11) is 0. The molecule has 1 aliphatic heterocycles. The highest BCUT2D eigenvalue weighted by Gasteiger charge is 2.26. The zero-order valence-corrected chi connectivity index (χ0v) is 13.5. The van der Waals surface area contributed by atoms with E-state index >= 15 is 0 Å². The highest BCUT2D eigenvalue weighted by Crippen LogP contribution is 2.30. The Hall–Kier alpha value is -2.12. The van der Waals surface area contributed by atoms with Crippen molar-refractivity contribution < 1.29 is 5.11 Å². The lowest BCUT2D eigenvalue weighted by atomic mass is 10.1. The molecule has 1 aliphatic rings. The average molecular weight is 314 g/mol. The first-order valence-corrected chi connectivity index (χ1v) is 7.92. The number of anilines is 2. The molecule has 0 radical (unpaired) electrons. The summed E-state index contributed by atoms with van der Waals surface area (Å²) in [4.78, 5) is 19.9. The molecule has 3 rings (SSSR count). The minimum atomic E-state index is 0.165. The number of hydrogen-bond acceptors (Lipinski definition) is 7. The molecule has 2 aromatic rings. The predicted molar refractivity (Wildman–Crippen MR) is 87.5 cm³/mol. The Kier molecular flexibility index (Phi) is 4.78. The number of nitrogens with one attached hydrogen (secondary N) is 1. The molecule has 2 aromatic heterocycles. The standard InChI is InChI=1S/C16H22N6O/c1-11-8-12(2)19-16(18-11)21-15-10-17-9-13(20-15)14-4-3-5-22(14)6-7-23/h8-10,14,23H,3-7H2,1-2H3,(H,18,19,20,21)/t14-/m1/s1. The summed E-state index contributed by atoms with van der Waals surface area (Å²) in [5, 5.41) is 12.3. The number of rotatable bonds is 5. The van der Waals surface area contributed by atoms with Crippen LogP contribution in [0.25, 0.3) is 0 Å². The van der Waals surface area contributed by atoms with E-state index in [0.717, 1.165) is 36.5 Å². The van der Waals surface area contributed by atoms with Gasteiger partial charge in [0.25, 0.3) is 0 Å². The van der Waals surface area contributed by atoms with E-state index in [9.17, 15) is 5.11 Å². The number of aliphatic hydroxyl groups is 1. The maximum absolute atomic E-state index is 9.19. The molecule has 0 spiro atoms. The van der Waals surface area contributed by atoms with Crippen molar-refractivity contribution in [1.82, 2.24) is 24.8 Å². The van der Waals surface area contributed by atoms with E-state index in [4.69, 9.17) is 0 Å². The second kappa shape index (κ2) is 6.97.